The van der Waals surface area contributed by atoms with Gasteiger partial charge in [0.15, 0.2) is 0 Å². The van der Waals surface area contributed by atoms with Crippen LogP contribution in [0.2, 0.25) is 0 Å². The first-order valence-corrected chi connectivity index (χ1v) is 5.92. The maximum absolute atomic E-state index is 9.39. The van der Waals surface area contributed by atoms with E-state index in [9.17, 15) is 5.11 Å². The Hall–Kier alpha value is -1.10. The number of nitrogens with zero attached hydrogens (tertiary/aromatic N) is 1. The van der Waals surface area contributed by atoms with Gasteiger partial charge < -0.3 is 19.8 Å². The summed E-state index contributed by atoms with van der Waals surface area (Å²) < 4.78 is 5.42. The van der Waals surface area contributed by atoms with Crippen molar-refractivity contribution in [3.8, 4) is 0 Å². The molecule has 0 bridgehead atoms. The standard InChI is InChI=1S/C13H19NO3/c1-10-2-3-13(11(6-10)8-15)14-4-5-17-12(7-14)9-16/h2-3,6,12,15-16H,4-5,7-9H2,1H3. The lowest BCUT2D eigenvalue weighted by atomic mass is 10.1. The number of aliphatic hydroxyl groups excluding tert-OH is 2. The van der Waals surface area contributed by atoms with E-state index in [-0.39, 0.29) is 19.3 Å². The van der Waals surface area contributed by atoms with Crippen molar-refractivity contribution in [3.63, 3.8) is 0 Å². The number of anilines is 1. The first-order valence-electron chi connectivity index (χ1n) is 5.92. The summed E-state index contributed by atoms with van der Waals surface area (Å²) in [4.78, 5) is 2.16. The van der Waals surface area contributed by atoms with Crippen LogP contribution >= 0.6 is 0 Å². The smallest absolute Gasteiger partial charge is 0.0980 e. The van der Waals surface area contributed by atoms with Crippen LogP contribution in [0.25, 0.3) is 0 Å². The first kappa shape index (κ1) is 12.4. The summed E-state index contributed by atoms with van der Waals surface area (Å²) in [6, 6.07) is 6.07. The van der Waals surface area contributed by atoms with Gasteiger partial charge in [0.05, 0.1) is 25.9 Å². The number of benzene rings is 1. The van der Waals surface area contributed by atoms with Crippen LogP contribution in [-0.2, 0) is 11.3 Å². The lowest BCUT2D eigenvalue weighted by Gasteiger charge is -2.34. The SMILES string of the molecule is Cc1ccc(N2CCOC(CO)C2)c(CO)c1. The maximum atomic E-state index is 9.39. The largest absolute Gasteiger partial charge is 0.394 e. The Kier molecular flexibility index (Phi) is 3.99. The third-order valence-electron chi connectivity index (χ3n) is 3.09. The molecule has 1 aromatic rings. The Balaban J connectivity index is 2.20. The van der Waals surface area contributed by atoms with Crippen molar-refractivity contribution in [2.45, 2.75) is 19.6 Å². The van der Waals surface area contributed by atoms with Crippen LogP contribution in [0.1, 0.15) is 11.1 Å². The van der Waals surface area contributed by atoms with Crippen LogP contribution in [0.4, 0.5) is 5.69 Å². The fraction of sp³-hybridized carbons (Fsp3) is 0.538. The minimum atomic E-state index is -0.128. The highest BCUT2D eigenvalue weighted by Crippen LogP contribution is 2.24. The molecule has 1 unspecified atom stereocenters. The average Bonchev–Trinajstić information content (AvgIpc) is 2.38. The second-order valence-corrected chi connectivity index (χ2v) is 4.41. The highest BCUT2D eigenvalue weighted by Gasteiger charge is 2.21. The summed E-state index contributed by atoms with van der Waals surface area (Å²) >= 11 is 0. The molecule has 4 heteroatoms. The zero-order valence-electron chi connectivity index (χ0n) is 10.1. The van der Waals surface area contributed by atoms with Crippen molar-refractivity contribution in [3.05, 3.63) is 29.3 Å². The first-order chi connectivity index (χ1) is 8.24. The number of rotatable bonds is 3. The molecule has 0 aromatic heterocycles. The predicted molar refractivity (Wildman–Crippen MR) is 66.1 cm³/mol. The van der Waals surface area contributed by atoms with Crippen molar-refractivity contribution in [1.82, 2.24) is 0 Å². The molecule has 0 spiro atoms. The fourth-order valence-electron chi connectivity index (χ4n) is 2.20. The quantitative estimate of drug-likeness (QED) is 0.812. The molecule has 1 fully saturated rings. The van der Waals surface area contributed by atoms with Gasteiger partial charge in [0.1, 0.15) is 0 Å². The number of morpholine rings is 1. The normalized spacial score (nSPS) is 20.6. The van der Waals surface area contributed by atoms with Crippen LogP contribution in [0.5, 0.6) is 0 Å². The van der Waals surface area contributed by atoms with Gasteiger partial charge in [0, 0.05) is 24.3 Å². The van der Waals surface area contributed by atoms with Crippen LogP contribution in [0.15, 0.2) is 18.2 Å². The minimum absolute atomic E-state index is 0.0385. The number of aliphatic hydroxyl groups is 2. The molecule has 0 radical (unpaired) electrons. The zero-order chi connectivity index (χ0) is 12.3. The van der Waals surface area contributed by atoms with Gasteiger partial charge in [-0.25, -0.2) is 0 Å². The number of hydrogen-bond donors (Lipinski definition) is 2. The minimum Gasteiger partial charge on any atom is -0.394 e. The molecule has 4 nitrogen and oxygen atoms in total. The van der Waals surface area contributed by atoms with Gasteiger partial charge in [-0.05, 0) is 13.0 Å². The maximum Gasteiger partial charge on any atom is 0.0980 e. The topological polar surface area (TPSA) is 52.9 Å². The molecule has 2 N–H and O–H groups in total. The molecular weight excluding hydrogens is 218 g/mol. The third-order valence-corrected chi connectivity index (χ3v) is 3.09. The number of ether oxygens (including phenoxy) is 1. The van der Waals surface area contributed by atoms with Crippen LogP contribution in [0.3, 0.4) is 0 Å². The summed E-state index contributed by atoms with van der Waals surface area (Å²) in [5.74, 6) is 0. The molecule has 0 saturated carbocycles. The van der Waals surface area contributed by atoms with E-state index in [2.05, 4.69) is 4.90 Å². The summed E-state index contributed by atoms with van der Waals surface area (Å²) in [5.41, 5.74) is 3.12. The monoisotopic (exact) mass is 237 g/mol. The van der Waals surface area contributed by atoms with E-state index < -0.39 is 0 Å². The summed E-state index contributed by atoms with van der Waals surface area (Å²) in [7, 11) is 0. The molecule has 1 aliphatic rings. The van der Waals surface area contributed by atoms with Crippen molar-refractivity contribution in [1.29, 1.82) is 0 Å². The Morgan fingerprint density at radius 1 is 1.41 bits per heavy atom. The number of hydrogen-bond acceptors (Lipinski definition) is 4. The molecule has 94 valence electrons. The van der Waals surface area contributed by atoms with E-state index in [4.69, 9.17) is 9.84 Å². The van der Waals surface area contributed by atoms with Gasteiger partial charge in [-0.1, -0.05) is 17.7 Å². The summed E-state index contributed by atoms with van der Waals surface area (Å²) in [6.45, 7) is 4.18. The average molecular weight is 237 g/mol. The van der Waals surface area contributed by atoms with Gasteiger partial charge in [0.2, 0.25) is 0 Å². The molecule has 17 heavy (non-hydrogen) atoms. The molecule has 1 aliphatic heterocycles. The Morgan fingerprint density at radius 3 is 2.94 bits per heavy atom. The van der Waals surface area contributed by atoms with Crippen LogP contribution < -0.4 is 4.90 Å². The van der Waals surface area contributed by atoms with Crippen molar-refractivity contribution in [2.75, 3.05) is 31.2 Å². The van der Waals surface area contributed by atoms with Gasteiger partial charge in [-0.3, -0.25) is 0 Å². The predicted octanol–water partition coefficient (Wildman–Crippen LogP) is 0.685. The Labute approximate surface area is 101 Å². The lowest BCUT2D eigenvalue weighted by molar-refractivity contribution is 0.00348. The molecule has 2 rings (SSSR count). The summed E-state index contributed by atoms with van der Waals surface area (Å²) in [5, 5.41) is 18.5. The van der Waals surface area contributed by atoms with Gasteiger partial charge in [0.25, 0.3) is 0 Å². The van der Waals surface area contributed by atoms with Gasteiger partial charge >= 0.3 is 0 Å². The Bertz CT molecular complexity index is 381. The molecule has 1 atom stereocenters. The van der Waals surface area contributed by atoms with E-state index in [1.54, 1.807) is 0 Å². The van der Waals surface area contributed by atoms with E-state index in [1.165, 1.54) is 0 Å². The molecule has 1 heterocycles. The molecule has 1 saturated heterocycles. The lowest BCUT2D eigenvalue weighted by Crippen LogP contribution is -2.44. The molecular formula is C13H19NO3. The van der Waals surface area contributed by atoms with Crippen molar-refractivity contribution < 1.29 is 14.9 Å². The highest BCUT2D eigenvalue weighted by molar-refractivity contribution is 5.55. The van der Waals surface area contributed by atoms with Crippen LogP contribution in [-0.4, -0.2) is 42.6 Å². The zero-order valence-corrected chi connectivity index (χ0v) is 10.1. The van der Waals surface area contributed by atoms with E-state index >= 15 is 0 Å². The van der Waals surface area contributed by atoms with Gasteiger partial charge in [-0.15, -0.1) is 0 Å². The van der Waals surface area contributed by atoms with E-state index in [0.717, 1.165) is 23.4 Å². The van der Waals surface area contributed by atoms with Crippen molar-refractivity contribution >= 4 is 5.69 Å². The Morgan fingerprint density at radius 2 is 2.24 bits per heavy atom. The highest BCUT2D eigenvalue weighted by atomic mass is 16.5. The van der Waals surface area contributed by atoms with Crippen molar-refractivity contribution in [2.24, 2.45) is 0 Å². The fourth-order valence-corrected chi connectivity index (χ4v) is 2.20. The van der Waals surface area contributed by atoms with Gasteiger partial charge in [-0.2, -0.15) is 0 Å². The molecule has 1 aromatic carbocycles. The number of aryl methyl sites for hydroxylation is 1. The molecule has 0 aliphatic carbocycles. The van der Waals surface area contributed by atoms with E-state index in [0.29, 0.717) is 13.2 Å². The second kappa shape index (κ2) is 5.49. The second-order valence-electron chi connectivity index (χ2n) is 4.41. The summed E-state index contributed by atoms with van der Waals surface area (Å²) in [6.07, 6.45) is -0.128. The molecule has 0 amide bonds. The third kappa shape index (κ3) is 2.77. The van der Waals surface area contributed by atoms with E-state index in [1.807, 2.05) is 25.1 Å². The van der Waals surface area contributed by atoms with Crippen LogP contribution in [0, 0.1) is 6.92 Å².